The average molecular weight is 953 g/mol. The fraction of sp³-hybridized carbons (Fsp3) is 0.571. The van der Waals surface area contributed by atoms with E-state index in [-0.39, 0.29) is 0 Å². The first kappa shape index (κ1) is 50.4. The van der Waals surface area contributed by atoms with Gasteiger partial charge in [0.25, 0.3) is 0 Å². The first-order valence-corrected chi connectivity index (χ1v) is 27.7. The number of benzene rings is 2. The highest BCUT2D eigenvalue weighted by Crippen LogP contribution is 2.54. The van der Waals surface area contributed by atoms with Gasteiger partial charge in [-0.3, -0.25) is 0 Å². The molecule has 67 heavy (non-hydrogen) atoms. The van der Waals surface area contributed by atoms with E-state index < -0.39 is 0 Å². The Morgan fingerprint density at radius 2 is 1.09 bits per heavy atom. The minimum absolute atomic E-state index is 0.442. The van der Waals surface area contributed by atoms with Crippen LogP contribution in [-0.2, 0) is 0 Å². The van der Waals surface area contributed by atoms with Gasteiger partial charge in [-0.2, -0.15) is 0 Å². The lowest BCUT2D eigenvalue weighted by molar-refractivity contribution is 0.232. The normalized spacial score (nSPS) is 12.7. The molecule has 2 atom stereocenters. The van der Waals surface area contributed by atoms with E-state index in [1.807, 2.05) is 6.07 Å². The van der Waals surface area contributed by atoms with Crippen LogP contribution in [0.1, 0.15) is 170 Å². The number of thiophene rings is 2. The molecular formula is C56H76N2O7S2. The SMILES string of the molecule is CCCCCCCCOc1c(OCCCCCCCC)c(-c2ccc(-c3cc4c(OCC(CC)CCCC)c5occc5c(OCC(CC)CCCC)c4o3)s2)c2nonc2c1-c1cccs1. The predicted octanol–water partition coefficient (Wildman–Crippen LogP) is 18.5. The van der Waals surface area contributed by atoms with Crippen LogP contribution >= 0.6 is 22.7 Å². The summed E-state index contributed by atoms with van der Waals surface area (Å²) < 4.78 is 46.3. The number of ether oxygens (including phenoxy) is 4. The molecule has 11 heteroatoms. The van der Waals surface area contributed by atoms with Gasteiger partial charge < -0.3 is 27.8 Å². The highest BCUT2D eigenvalue weighted by atomic mass is 32.1. The maximum atomic E-state index is 6.98. The molecule has 7 rings (SSSR count). The number of fused-ring (bicyclic) bond motifs is 3. The molecule has 0 aliphatic carbocycles. The zero-order valence-electron chi connectivity index (χ0n) is 41.3. The van der Waals surface area contributed by atoms with Crippen molar-refractivity contribution in [2.45, 2.75) is 170 Å². The third-order valence-electron chi connectivity index (χ3n) is 13.3. The van der Waals surface area contributed by atoms with Crippen LogP contribution in [0.5, 0.6) is 23.0 Å². The molecule has 9 nitrogen and oxygen atoms in total. The number of hydrogen-bond donors (Lipinski definition) is 0. The van der Waals surface area contributed by atoms with E-state index in [1.54, 1.807) is 28.9 Å². The van der Waals surface area contributed by atoms with Crippen LogP contribution < -0.4 is 18.9 Å². The summed E-state index contributed by atoms with van der Waals surface area (Å²) in [5, 5.41) is 13.0. The number of furan rings is 2. The molecule has 5 aromatic heterocycles. The third-order valence-corrected chi connectivity index (χ3v) is 15.3. The molecule has 2 unspecified atom stereocenters. The number of nitrogens with zero attached hydrogens (tertiary/aromatic N) is 2. The zero-order valence-corrected chi connectivity index (χ0v) is 42.9. The Kier molecular flexibility index (Phi) is 19.8. The molecular weight excluding hydrogens is 877 g/mol. The molecule has 364 valence electrons. The van der Waals surface area contributed by atoms with Gasteiger partial charge in [-0.05, 0) is 83.5 Å². The molecule has 0 fully saturated rings. The molecule has 2 aromatic carbocycles. The van der Waals surface area contributed by atoms with Gasteiger partial charge in [-0.15, -0.1) is 22.7 Å². The number of unbranched alkanes of at least 4 members (excludes halogenated alkanes) is 12. The molecule has 0 saturated heterocycles. The molecule has 0 saturated carbocycles. The fourth-order valence-corrected chi connectivity index (χ4v) is 10.8. The molecule has 0 bridgehead atoms. The van der Waals surface area contributed by atoms with Crippen LogP contribution in [0, 0.1) is 11.8 Å². The number of rotatable bonds is 33. The second-order valence-electron chi connectivity index (χ2n) is 18.4. The molecule has 0 aliphatic rings. The average Bonchev–Trinajstić information content (AvgIpc) is 4.22. The summed E-state index contributed by atoms with van der Waals surface area (Å²) in [5.74, 6) is 4.42. The van der Waals surface area contributed by atoms with E-state index in [2.05, 4.69) is 87.6 Å². The Morgan fingerprint density at radius 3 is 1.66 bits per heavy atom. The van der Waals surface area contributed by atoms with Crippen LogP contribution in [0.4, 0.5) is 0 Å². The third kappa shape index (κ3) is 12.6. The first-order valence-electron chi connectivity index (χ1n) is 26.0. The van der Waals surface area contributed by atoms with Crippen molar-refractivity contribution in [3.8, 4) is 54.5 Å². The van der Waals surface area contributed by atoms with Gasteiger partial charge in [0, 0.05) is 9.75 Å². The summed E-state index contributed by atoms with van der Waals surface area (Å²) in [6, 6.07) is 12.5. The molecule has 0 amide bonds. The van der Waals surface area contributed by atoms with Crippen molar-refractivity contribution in [1.29, 1.82) is 0 Å². The molecule has 0 radical (unpaired) electrons. The second-order valence-corrected chi connectivity index (χ2v) is 20.4. The Labute approximate surface area is 407 Å². The Bertz CT molecular complexity index is 2440. The van der Waals surface area contributed by atoms with Gasteiger partial charge >= 0.3 is 0 Å². The Hall–Kier alpha value is -4.48. The lowest BCUT2D eigenvalue weighted by Gasteiger charge is -2.19. The predicted molar refractivity (Wildman–Crippen MR) is 279 cm³/mol. The smallest absolute Gasteiger partial charge is 0.181 e. The lowest BCUT2D eigenvalue weighted by Crippen LogP contribution is -2.12. The van der Waals surface area contributed by atoms with Crippen molar-refractivity contribution >= 4 is 55.6 Å². The minimum atomic E-state index is 0.442. The number of aromatic nitrogens is 2. The maximum absolute atomic E-state index is 6.98. The first-order chi connectivity index (χ1) is 33.0. The van der Waals surface area contributed by atoms with Gasteiger partial charge in [0.05, 0.1) is 59.5 Å². The minimum Gasteiger partial charge on any atom is -0.489 e. The molecule has 0 aliphatic heterocycles. The van der Waals surface area contributed by atoms with E-state index >= 15 is 0 Å². The maximum Gasteiger partial charge on any atom is 0.181 e. The van der Waals surface area contributed by atoms with Crippen molar-refractivity contribution in [3.05, 3.63) is 48.0 Å². The van der Waals surface area contributed by atoms with E-state index in [1.165, 1.54) is 64.2 Å². The Morgan fingerprint density at radius 1 is 0.537 bits per heavy atom. The largest absolute Gasteiger partial charge is 0.489 e. The summed E-state index contributed by atoms with van der Waals surface area (Å²) in [6.45, 7) is 15.9. The fourth-order valence-electron chi connectivity index (χ4n) is 9.07. The van der Waals surface area contributed by atoms with Crippen molar-refractivity contribution in [2.75, 3.05) is 26.4 Å². The monoisotopic (exact) mass is 953 g/mol. The van der Waals surface area contributed by atoms with Gasteiger partial charge in [-0.1, -0.05) is 150 Å². The lowest BCUT2D eigenvalue weighted by atomic mass is 10.0. The molecule has 0 N–H and O–H groups in total. The van der Waals surface area contributed by atoms with E-state index in [9.17, 15) is 0 Å². The van der Waals surface area contributed by atoms with E-state index in [0.717, 1.165) is 106 Å². The van der Waals surface area contributed by atoms with Crippen molar-refractivity contribution in [1.82, 2.24) is 10.3 Å². The van der Waals surface area contributed by atoms with Crippen LogP contribution in [0.3, 0.4) is 0 Å². The van der Waals surface area contributed by atoms with E-state index in [0.29, 0.717) is 83.5 Å². The molecule has 5 heterocycles. The van der Waals surface area contributed by atoms with Crippen LogP contribution in [0.25, 0.3) is 64.5 Å². The summed E-state index contributed by atoms with van der Waals surface area (Å²) in [5.41, 5.74) is 4.39. The topological polar surface area (TPSA) is 102 Å². The standard InChI is InChI=1S/C56H76N2O7S2/c1-7-13-17-19-21-23-32-59-55-47(45-28-25-35-66-45)49-50(58-65-57-49)48(56(55)60-33-24-22-20-18-14-8-2)46-30-29-44(67-46)43-36-42-53(63-38-40(12-6)27-16-10-4)51-41(31-34-61-51)52(54(42)64-43)62-37-39(11-5)26-15-9-3/h25,28-31,34-36,39-40H,7-24,26-27,32-33,37-38H2,1-6H3. The Balaban J connectivity index is 1.31. The van der Waals surface area contributed by atoms with Gasteiger partial charge in [0.15, 0.2) is 34.2 Å². The zero-order chi connectivity index (χ0) is 46.8. The highest BCUT2D eigenvalue weighted by Gasteiger charge is 2.30. The van der Waals surface area contributed by atoms with Crippen LogP contribution in [0.15, 0.2) is 61.5 Å². The second kappa shape index (κ2) is 26.3. The molecule has 0 spiro atoms. The van der Waals surface area contributed by atoms with Crippen molar-refractivity contribution in [2.24, 2.45) is 11.8 Å². The van der Waals surface area contributed by atoms with Crippen molar-refractivity contribution in [3.63, 3.8) is 0 Å². The quantitative estimate of drug-likeness (QED) is 0.0373. The van der Waals surface area contributed by atoms with Crippen LogP contribution in [-0.4, -0.2) is 36.7 Å². The summed E-state index contributed by atoms with van der Waals surface area (Å²) in [4.78, 5) is 2.95. The van der Waals surface area contributed by atoms with Crippen molar-refractivity contribution < 1.29 is 32.4 Å². The van der Waals surface area contributed by atoms with Crippen LogP contribution in [0.2, 0.25) is 0 Å². The summed E-state index contributed by atoms with van der Waals surface area (Å²) in [6.07, 6.45) is 24.8. The summed E-state index contributed by atoms with van der Waals surface area (Å²) >= 11 is 3.28. The highest BCUT2D eigenvalue weighted by molar-refractivity contribution is 7.19. The van der Waals surface area contributed by atoms with Gasteiger partial charge in [0.1, 0.15) is 16.8 Å². The van der Waals surface area contributed by atoms with E-state index in [4.69, 9.17) is 32.4 Å². The number of hydrogen-bond acceptors (Lipinski definition) is 11. The van der Waals surface area contributed by atoms with Gasteiger partial charge in [-0.25, -0.2) is 4.63 Å². The summed E-state index contributed by atoms with van der Waals surface area (Å²) in [7, 11) is 0. The molecule has 7 aromatic rings. The van der Waals surface area contributed by atoms with Gasteiger partial charge in [0.2, 0.25) is 0 Å².